The number of anilines is 1. The van der Waals surface area contributed by atoms with Gasteiger partial charge in [-0.05, 0) is 92.4 Å². The van der Waals surface area contributed by atoms with Crippen LogP contribution in [0, 0.1) is 0 Å². The first kappa shape index (κ1) is 68.4. The van der Waals surface area contributed by atoms with E-state index in [1.165, 1.54) is 43.3 Å². The summed E-state index contributed by atoms with van der Waals surface area (Å²) >= 11 is 0. The molecular weight excluding hydrogens is 1280 g/mol. The van der Waals surface area contributed by atoms with Crippen molar-refractivity contribution in [1.29, 1.82) is 0 Å². The molecule has 6 N–H and O–H groups in total. The number of carbonyl (C=O) groups is 4. The Morgan fingerprint density at radius 3 is 1.63 bits per heavy atom. The van der Waals surface area contributed by atoms with E-state index >= 15 is 0 Å². The Balaban J connectivity index is 1.23. The van der Waals surface area contributed by atoms with E-state index in [1.54, 1.807) is 30.4 Å². The van der Waals surface area contributed by atoms with Crippen LogP contribution in [-0.4, -0.2) is 194 Å². The zero-order valence-corrected chi connectivity index (χ0v) is 52.3. The molecule has 34 heteroatoms. The fraction of sp³-hybridized carbons (Fsp3) is 0.436. The highest BCUT2D eigenvalue weighted by molar-refractivity contribution is 7.87. The fourth-order valence-corrected chi connectivity index (χ4v) is 14.5. The van der Waals surface area contributed by atoms with Crippen molar-refractivity contribution in [3.05, 3.63) is 94.4 Å². The average molecular weight is 1340 g/mol. The number of ether oxygens (including phenoxy) is 5. The minimum Gasteiger partial charge on any atom is -0.506 e. The quantitative estimate of drug-likeness (QED) is 0.0141. The second-order valence-corrected chi connectivity index (χ2v) is 28.9. The molecule has 1 aliphatic carbocycles. The standard InChI is InChI=1S/C55H63N3O26S5/c1-54(2)45(56(15-5-7-49(61)84-58-47(59)12-13-48(58)60)41-10-8-35-37(50(41)54)27-33(86(67,68)69)29-43(35)88(73,74)75)31-39-52(62)40(53(39)63)32-46-55(3,14-6-26-85(64,65)66)51-38-28-34(87(70,71)72)30-44(89(76,77)78)36(38)9-11-42(51)57(46)16-17-80-20-21-82-24-25-83-23-22-81-19-18-79-4/h8-11,27-32H,5-7,12-26H2,1-4H3,(H5-,62,63,64,65,66,67,68,69,70,71,72,73,74,75,76,77,78)/p+1. The van der Waals surface area contributed by atoms with Crippen LogP contribution >= 0.6 is 0 Å². The highest BCUT2D eigenvalue weighted by Crippen LogP contribution is 2.55. The first-order chi connectivity index (χ1) is 41.5. The Kier molecular flexibility index (Phi) is 20.3. The molecule has 8 rings (SSSR count). The molecular formula is C55H64N3O26S5+. The first-order valence-corrected chi connectivity index (χ1v) is 34.7. The third-order valence-corrected chi connectivity index (χ3v) is 19.7. The second kappa shape index (κ2) is 26.4. The largest absolute Gasteiger partial charge is 0.506 e. The Hall–Kier alpha value is -6.48. The molecule has 0 aromatic heterocycles. The van der Waals surface area contributed by atoms with Crippen LogP contribution < -0.4 is 4.90 Å². The van der Waals surface area contributed by atoms with Crippen molar-refractivity contribution in [1.82, 2.24) is 5.06 Å². The van der Waals surface area contributed by atoms with E-state index < -0.39 is 123 Å². The summed E-state index contributed by atoms with van der Waals surface area (Å²) in [5, 5.41) is 11.8. The third-order valence-electron chi connectivity index (χ3n) is 15.4. The van der Waals surface area contributed by atoms with Crippen molar-refractivity contribution in [3.63, 3.8) is 0 Å². The van der Waals surface area contributed by atoms with Crippen LogP contribution in [0.3, 0.4) is 0 Å². The summed E-state index contributed by atoms with van der Waals surface area (Å²) in [6.45, 7) is 6.32. The van der Waals surface area contributed by atoms with Crippen molar-refractivity contribution < 1.29 is 122 Å². The van der Waals surface area contributed by atoms with Crippen molar-refractivity contribution >= 4 is 113 Å². The van der Waals surface area contributed by atoms with Gasteiger partial charge in [-0.2, -0.15) is 46.7 Å². The number of allylic oxidation sites excluding steroid dienone is 5. The zero-order valence-electron chi connectivity index (χ0n) is 48.2. The predicted molar refractivity (Wildman–Crippen MR) is 313 cm³/mol. The number of fused-ring (bicyclic) bond motifs is 6. The minimum atomic E-state index is -5.26. The van der Waals surface area contributed by atoms with Gasteiger partial charge < -0.3 is 38.5 Å². The Bertz CT molecular complexity index is 4290. The van der Waals surface area contributed by atoms with Gasteiger partial charge >= 0.3 is 5.97 Å². The lowest BCUT2D eigenvalue weighted by Crippen LogP contribution is -2.34. The Labute approximate surface area is 511 Å². The number of ketones is 1. The maximum atomic E-state index is 14.9. The summed E-state index contributed by atoms with van der Waals surface area (Å²) < 4.78 is 207. The molecule has 0 spiro atoms. The van der Waals surface area contributed by atoms with Crippen LogP contribution in [0.15, 0.2) is 103 Å². The van der Waals surface area contributed by atoms with Gasteiger partial charge in [0, 0.05) is 78.2 Å². The van der Waals surface area contributed by atoms with E-state index in [-0.39, 0.29) is 145 Å². The van der Waals surface area contributed by atoms with Crippen molar-refractivity contribution in [2.75, 3.05) is 90.3 Å². The predicted octanol–water partition coefficient (Wildman–Crippen LogP) is 4.11. The van der Waals surface area contributed by atoms with Crippen LogP contribution in [0.5, 0.6) is 0 Å². The summed E-state index contributed by atoms with van der Waals surface area (Å²) in [7, 11) is -24.0. The average Bonchev–Trinajstić information content (AvgIpc) is 1.62. The SMILES string of the molecule is COCCOCCOCCOCCOCCN1/C(=C/C2=C(O)C(=CC3=[N+](CCCC(=O)ON4C(=O)CCC4=O)c4ccc5c(S(=O)(=O)O)cc(S(=O)(=O)O)cc5c4C3(C)C)C2=O)C(C)(CCCS(=O)(=O)O)c2c1ccc1c(S(=O)(=O)O)cc(S(=O)(=O)O)cc21. The molecule has 2 amide bonds. The number of benzene rings is 4. The number of imide groups is 1. The third kappa shape index (κ3) is 14.8. The summed E-state index contributed by atoms with van der Waals surface area (Å²) in [6.07, 6.45) is 1.03. The number of carbonyl (C=O) groups excluding carboxylic acids is 4. The molecule has 0 bridgehead atoms. The van der Waals surface area contributed by atoms with E-state index in [9.17, 15) is 89.1 Å². The molecule has 3 aliphatic heterocycles. The van der Waals surface area contributed by atoms with Crippen molar-refractivity contribution in [2.24, 2.45) is 0 Å². The molecule has 1 fully saturated rings. The lowest BCUT2D eigenvalue weighted by Gasteiger charge is -2.32. The van der Waals surface area contributed by atoms with Gasteiger partial charge in [-0.15, -0.1) is 5.06 Å². The number of hydroxylamine groups is 2. The molecule has 4 aliphatic rings. The molecule has 1 atom stereocenters. The van der Waals surface area contributed by atoms with Gasteiger partial charge in [0.25, 0.3) is 62.4 Å². The lowest BCUT2D eigenvalue weighted by atomic mass is 9.74. The maximum Gasteiger partial charge on any atom is 0.333 e. The van der Waals surface area contributed by atoms with Crippen molar-refractivity contribution in [3.8, 4) is 0 Å². The minimum absolute atomic E-state index is 0.0250. The van der Waals surface area contributed by atoms with Gasteiger partial charge in [0.2, 0.25) is 11.5 Å². The molecule has 484 valence electrons. The maximum absolute atomic E-state index is 14.9. The Morgan fingerprint density at radius 2 is 1.13 bits per heavy atom. The number of methoxy groups -OCH3 is 1. The lowest BCUT2D eigenvalue weighted by molar-refractivity contribution is -0.438. The molecule has 89 heavy (non-hydrogen) atoms. The van der Waals surface area contributed by atoms with E-state index in [1.807, 2.05) is 0 Å². The topological polar surface area (TPSA) is 425 Å². The molecule has 1 saturated heterocycles. The second-order valence-electron chi connectivity index (χ2n) is 21.7. The number of amides is 2. The van der Waals surface area contributed by atoms with E-state index in [0.717, 1.165) is 12.1 Å². The fourth-order valence-electron chi connectivity index (χ4n) is 11.4. The molecule has 1 unspecified atom stereocenters. The highest BCUT2D eigenvalue weighted by atomic mass is 32.2. The number of nitrogens with zero attached hydrogens (tertiary/aromatic N) is 3. The summed E-state index contributed by atoms with van der Waals surface area (Å²) in [6, 6.07) is 8.32. The van der Waals surface area contributed by atoms with Crippen LogP contribution in [0.1, 0.15) is 70.4 Å². The van der Waals surface area contributed by atoms with Gasteiger partial charge in [-0.3, -0.25) is 37.1 Å². The van der Waals surface area contributed by atoms with E-state index in [4.69, 9.17) is 28.5 Å². The molecule has 3 heterocycles. The first-order valence-electron chi connectivity index (χ1n) is 27.3. The smallest absolute Gasteiger partial charge is 0.333 e. The number of aliphatic hydroxyl groups excluding tert-OH is 1. The number of hydrogen-bond acceptors (Lipinski definition) is 22. The number of aliphatic hydroxyl groups is 1. The van der Waals surface area contributed by atoms with E-state index in [2.05, 4.69) is 0 Å². The molecule has 4 aromatic rings. The van der Waals surface area contributed by atoms with Crippen molar-refractivity contribution in [2.45, 2.75) is 89.7 Å². The molecule has 4 aromatic carbocycles. The molecule has 0 saturated carbocycles. The van der Waals surface area contributed by atoms with Gasteiger partial charge in [0.15, 0.2) is 5.71 Å². The van der Waals surface area contributed by atoms with Gasteiger partial charge in [0.1, 0.15) is 22.1 Å². The van der Waals surface area contributed by atoms with Gasteiger partial charge in [-0.1, -0.05) is 6.07 Å². The van der Waals surface area contributed by atoms with Crippen LogP contribution in [-0.2, 0) is 109 Å². The molecule has 0 radical (unpaired) electrons. The number of hydrogen-bond donors (Lipinski definition) is 6. The van der Waals surface area contributed by atoms with Crippen LogP contribution in [0.4, 0.5) is 11.4 Å². The van der Waals surface area contributed by atoms with Gasteiger partial charge in [-0.25, -0.2) is 4.79 Å². The summed E-state index contributed by atoms with van der Waals surface area (Å²) in [5.41, 5.74) is -2.91. The Morgan fingerprint density at radius 1 is 0.629 bits per heavy atom. The summed E-state index contributed by atoms with van der Waals surface area (Å²) in [5.74, 6) is -4.80. The van der Waals surface area contributed by atoms with Crippen LogP contribution in [0.25, 0.3) is 21.5 Å². The molecule has 29 nitrogen and oxygen atoms in total. The zero-order chi connectivity index (χ0) is 65.4. The number of Topliss-reactive ketones (excluding diaryl/α,β-unsaturated/α-hetero) is 1. The van der Waals surface area contributed by atoms with Crippen LogP contribution in [0.2, 0.25) is 0 Å². The monoisotopic (exact) mass is 1340 g/mol. The van der Waals surface area contributed by atoms with Gasteiger partial charge in [0.05, 0.1) is 98.0 Å². The summed E-state index contributed by atoms with van der Waals surface area (Å²) in [4.78, 5) is 55.3. The highest BCUT2D eigenvalue weighted by Gasteiger charge is 2.50. The van der Waals surface area contributed by atoms with E-state index in [0.29, 0.717) is 43.6 Å². The number of rotatable bonds is 30. The normalized spacial score (nSPS) is 19.0.